The molecule has 1 atom stereocenters. The Bertz CT molecular complexity index is 446. The topological polar surface area (TPSA) is 66.4 Å². The fourth-order valence-electron chi connectivity index (χ4n) is 1.58. The van der Waals surface area contributed by atoms with E-state index in [9.17, 15) is 13.5 Å². The van der Waals surface area contributed by atoms with Gasteiger partial charge in [-0.3, -0.25) is 0 Å². The first-order valence-corrected chi connectivity index (χ1v) is 7.54. The molecule has 2 N–H and O–H groups in total. The number of sulfonamides is 1. The molecule has 0 unspecified atom stereocenters. The van der Waals surface area contributed by atoms with Crippen molar-refractivity contribution in [1.29, 1.82) is 0 Å². The molecule has 0 radical (unpaired) electrons. The molecule has 1 fully saturated rings. The third kappa shape index (κ3) is 2.63. The highest BCUT2D eigenvalue weighted by atomic mass is 32.2. The van der Waals surface area contributed by atoms with E-state index in [1.807, 2.05) is 0 Å². The van der Waals surface area contributed by atoms with Crippen molar-refractivity contribution in [1.82, 2.24) is 4.72 Å². The number of hydrogen-bond acceptors (Lipinski definition) is 4. The van der Waals surface area contributed by atoms with Crippen LogP contribution in [0.2, 0.25) is 0 Å². The summed E-state index contributed by atoms with van der Waals surface area (Å²) in [6, 6.07) is 3.25. The lowest BCUT2D eigenvalue weighted by atomic mass is 10.0. The summed E-state index contributed by atoms with van der Waals surface area (Å²) in [5.41, 5.74) is -0.926. The van der Waals surface area contributed by atoms with Gasteiger partial charge in [-0.2, -0.15) is 0 Å². The van der Waals surface area contributed by atoms with Crippen LogP contribution >= 0.6 is 11.3 Å². The molecule has 1 heterocycles. The van der Waals surface area contributed by atoms with E-state index in [1.165, 1.54) is 11.3 Å². The summed E-state index contributed by atoms with van der Waals surface area (Å²) in [6.07, 6.45) is 1.96. The van der Waals surface area contributed by atoms with Crippen LogP contribution in [0.15, 0.2) is 21.7 Å². The SMILES string of the molecule is C[C@@](O)(CNS(=O)(=O)c1cccs1)C1CC1. The van der Waals surface area contributed by atoms with Crippen molar-refractivity contribution >= 4 is 21.4 Å². The molecular weight excluding hydrogens is 246 g/mol. The zero-order chi connectivity index (χ0) is 11.8. The maximum absolute atomic E-state index is 11.8. The number of hydrogen-bond donors (Lipinski definition) is 2. The molecule has 90 valence electrons. The van der Waals surface area contributed by atoms with Gasteiger partial charge in [-0.15, -0.1) is 11.3 Å². The Morgan fingerprint density at radius 1 is 1.62 bits per heavy atom. The first-order valence-electron chi connectivity index (χ1n) is 5.17. The summed E-state index contributed by atoms with van der Waals surface area (Å²) in [6.45, 7) is 1.76. The average Bonchev–Trinajstić information content (AvgIpc) is 2.92. The van der Waals surface area contributed by atoms with Crippen LogP contribution in [-0.2, 0) is 10.0 Å². The zero-order valence-corrected chi connectivity index (χ0v) is 10.6. The highest BCUT2D eigenvalue weighted by molar-refractivity contribution is 7.91. The Labute approximate surface area is 99.4 Å². The summed E-state index contributed by atoms with van der Waals surface area (Å²) >= 11 is 1.17. The van der Waals surface area contributed by atoms with Gasteiger partial charge in [0.1, 0.15) is 4.21 Å². The van der Waals surface area contributed by atoms with E-state index in [4.69, 9.17) is 0 Å². The Hall–Kier alpha value is -0.430. The van der Waals surface area contributed by atoms with E-state index < -0.39 is 15.6 Å². The fourth-order valence-corrected chi connectivity index (χ4v) is 3.76. The summed E-state index contributed by atoms with van der Waals surface area (Å²) in [4.78, 5) is 0. The van der Waals surface area contributed by atoms with E-state index in [2.05, 4.69) is 4.72 Å². The minimum absolute atomic E-state index is 0.0813. The van der Waals surface area contributed by atoms with Gasteiger partial charge in [-0.25, -0.2) is 13.1 Å². The average molecular weight is 261 g/mol. The van der Waals surface area contributed by atoms with Crippen LogP contribution < -0.4 is 4.72 Å². The lowest BCUT2D eigenvalue weighted by molar-refractivity contribution is 0.0422. The van der Waals surface area contributed by atoms with Crippen LogP contribution in [0.3, 0.4) is 0 Å². The molecule has 0 aromatic carbocycles. The molecule has 0 bridgehead atoms. The highest BCUT2D eigenvalue weighted by Gasteiger charge is 2.40. The molecule has 16 heavy (non-hydrogen) atoms. The van der Waals surface area contributed by atoms with E-state index in [0.717, 1.165) is 12.8 Å². The maximum atomic E-state index is 11.8. The van der Waals surface area contributed by atoms with E-state index in [-0.39, 0.29) is 12.5 Å². The number of thiophene rings is 1. The van der Waals surface area contributed by atoms with Gasteiger partial charge in [0.25, 0.3) is 0 Å². The molecule has 2 rings (SSSR count). The van der Waals surface area contributed by atoms with Gasteiger partial charge in [0, 0.05) is 6.54 Å². The van der Waals surface area contributed by atoms with Gasteiger partial charge in [0.2, 0.25) is 10.0 Å². The second-order valence-electron chi connectivity index (χ2n) is 4.39. The number of rotatable bonds is 5. The first kappa shape index (κ1) is 12.0. The van der Waals surface area contributed by atoms with Gasteiger partial charge >= 0.3 is 0 Å². The van der Waals surface area contributed by atoms with Crippen LogP contribution in [0.1, 0.15) is 19.8 Å². The molecule has 1 aliphatic carbocycles. The van der Waals surface area contributed by atoms with Crippen LogP contribution in [0, 0.1) is 5.92 Å². The fraction of sp³-hybridized carbons (Fsp3) is 0.600. The molecule has 4 nitrogen and oxygen atoms in total. The van der Waals surface area contributed by atoms with E-state index in [0.29, 0.717) is 4.21 Å². The van der Waals surface area contributed by atoms with Gasteiger partial charge in [-0.05, 0) is 37.1 Å². The highest BCUT2D eigenvalue weighted by Crippen LogP contribution is 2.39. The van der Waals surface area contributed by atoms with E-state index >= 15 is 0 Å². The third-order valence-corrected chi connectivity index (χ3v) is 5.64. The number of aliphatic hydroxyl groups is 1. The largest absolute Gasteiger partial charge is 0.389 e. The molecule has 6 heteroatoms. The van der Waals surface area contributed by atoms with Crippen LogP contribution in [-0.4, -0.2) is 25.7 Å². The molecule has 1 aliphatic rings. The minimum atomic E-state index is -3.45. The Morgan fingerprint density at radius 2 is 2.31 bits per heavy atom. The van der Waals surface area contributed by atoms with Crippen molar-refractivity contribution in [2.45, 2.75) is 29.6 Å². The molecule has 1 aromatic rings. The predicted octanol–water partition coefficient (Wildman–Crippen LogP) is 1.19. The molecule has 1 aromatic heterocycles. The van der Waals surface area contributed by atoms with Crippen molar-refractivity contribution < 1.29 is 13.5 Å². The van der Waals surface area contributed by atoms with Gasteiger partial charge in [0.15, 0.2) is 0 Å². The molecule has 1 saturated carbocycles. The van der Waals surface area contributed by atoms with Crippen molar-refractivity contribution in [2.75, 3.05) is 6.54 Å². The zero-order valence-electron chi connectivity index (χ0n) is 9.01. The van der Waals surface area contributed by atoms with Crippen LogP contribution in [0.4, 0.5) is 0 Å². The van der Waals surface area contributed by atoms with E-state index in [1.54, 1.807) is 24.4 Å². The standard InChI is InChI=1S/C10H15NO3S2/c1-10(12,8-4-5-8)7-11-16(13,14)9-3-2-6-15-9/h2-3,6,8,11-12H,4-5,7H2,1H3/t10-/m1/s1. The number of nitrogens with one attached hydrogen (secondary N) is 1. The quantitative estimate of drug-likeness (QED) is 0.836. The van der Waals surface area contributed by atoms with Gasteiger partial charge in [-0.1, -0.05) is 6.07 Å². The van der Waals surface area contributed by atoms with Gasteiger partial charge in [0.05, 0.1) is 5.60 Å². The van der Waals surface area contributed by atoms with Crippen molar-refractivity contribution in [2.24, 2.45) is 5.92 Å². The second-order valence-corrected chi connectivity index (χ2v) is 7.33. The van der Waals surface area contributed by atoms with Crippen molar-refractivity contribution in [3.05, 3.63) is 17.5 Å². The predicted molar refractivity (Wildman–Crippen MR) is 62.9 cm³/mol. The minimum Gasteiger partial charge on any atom is -0.389 e. The van der Waals surface area contributed by atoms with Gasteiger partial charge < -0.3 is 5.11 Å². The molecular formula is C10H15NO3S2. The normalized spacial score (nSPS) is 20.6. The van der Waals surface area contributed by atoms with Crippen LogP contribution in [0.25, 0.3) is 0 Å². The summed E-state index contributed by atoms with van der Waals surface area (Å²) in [5, 5.41) is 11.7. The lowest BCUT2D eigenvalue weighted by Crippen LogP contribution is -2.42. The first-order chi connectivity index (χ1) is 7.42. The van der Waals surface area contributed by atoms with Crippen LogP contribution in [0.5, 0.6) is 0 Å². The molecule has 0 aliphatic heterocycles. The Balaban J connectivity index is 2.00. The Morgan fingerprint density at radius 3 is 2.81 bits per heavy atom. The smallest absolute Gasteiger partial charge is 0.250 e. The van der Waals surface area contributed by atoms with Crippen molar-refractivity contribution in [3.8, 4) is 0 Å². The molecule has 0 spiro atoms. The molecule has 0 saturated heterocycles. The third-order valence-electron chi connectivity index (χ3n) is 2.84. The summed E-state index contributed by atoms with van der Waals surface area (Å²) in [7, 11) is -3.45. The lowest BCUT2D eigenvalue weighted by Gasteiger charge is -2.22. The Kier molecular flexibility index (Phi) is 3.09. The van der Waals surface area contributed by atoms with Crippen molar-refractivity contribution in [3.63, 3.8) is 0 Å². The maximum Gasteiger partial charge on any atom is 0.250 e. The second kappa shape index (κ2) is 4.10. The summed E-state index contributed by atoms with van der Waals surface area (Å²) < 4.78 is 26.3. The summed E-state index contributed by atoms with van der Waals surface area (Å²) in [5.74, 6) is 0.235. The molecule has 0 amide bonds. The monoisotopic (exact) mass is 261 g/mol.